The lowest BCUT2D eigenvalue weighted by atomic mass is 9.96. The highest BCUT2D eigenvalue weighted by molar-refractivity contribution is 6.46. The molecule has 0 aliphatic carbocycles. The van der Waals surface area contributed by atoms with Gasteiger partial charge in [0.25, 0.3) is 11.7 Å². The van der Waals surface area contributed by atoms with E-state index in [0.717, 1.165) is 16.7 Å². The van der Waals surface area contributed by atoms with Gasteiger partial charge in [-0.15, -0.1) is 0 Å². The van der Waals surface area contributed by atoms with E-state index in [2.05, 4.69) is 16.0 Å². The summed E-state index contributed by atoms with van der Waals surface area (Å²) in [7, 11) is 0. The van der Waals surface area contributed by atoms with Crippen LogP contribution in [-0.2, 0) is 22.7 Å². The minimum absolute atomic E-state index is 0.0357. The number of aromatic nitrogens is 2. The van der Waals surface area contributed by atoms with E-state index in [4.69, 9.17) is 4.74 Å². The normalized spacial score (nSPS) is 16.7. The molecule has 1 fully saturated rings. The average Bonchev–Trinajstić information content (AvgIpc) is 3.18. The maximum Gasteiger partial charge on any atom is 0.295 e. The Morgan fingerprint density at radius 3 is 2.38 bits per heavy atom. The Kier molecular flexibility index (Phi) is 6.76. The highest BCUT2D eigenvalue weighted by Gasteiger charge is 2.46. The quantitative estimate of drug-likeness (QED) is 0.223. The van der Waals surface area contributed by atoms with Gasteiger partial charge in [0.1, 0.15) is 18.1 Å². The van der Waals surface area contributed by atoms with Crippen molar-refractivity contribution in [3.8, 4) is 5.75 Å². The van der Waals surface area contributed by atoms with E-state index < -0.39 is 17.7 Å². The van der Waals surface area contributed by atoms with Crippen LogP contribution >= 0.6 is 0 Å². The lowest BCUT2D eigenvalue weighted by Crippen LogP contribution is -2.29. The Morgan fingerprint density at radius 2 is 1.68 bits per heavy atom. The fourth-order valence-electron chi connectivity index (χ4n) is 4.46. The molecule has 37 heavy (non-hydrogen) atoms. The van der Waals surface area contributed by atoms with Crippen LogP contribution in [0.4, 0.5) is 0 Å². The van der Waals surface area contributed by atoms with E-state index in [1.54, 1.807) is 67.3 Å². The number of aryl methyl sites for hydroxylation is 1. The second-order valence-corrected chi connectivity index (χ2v) is 8.87. The van der Waals surface area contributed by atoms with Crippen LogP contribution in [0.15, 0.2) is 103 Å². The summed E-state index contributed by atoms with van der Waals surface area (Å²) in [5.41, 5.74) is 4.12. The Bertz CT molecular complexity index is 1450. The number of Topliss-reactive ketones (excluding diaryl/α,β-unsaturated/α-hetero) is 1. The molecule has 1 aliphatic rings. The number of hydrogen-bond donors (Lipinski definition) is 1. The van der Waals surface area contributed by atoms with E-state index in [-0.39, 0.29) is 17.9 Å². The highest BCUT2D eigenvalue weighted by atomic mass is 16.5. The molecular weight excluding hydrogens is 466 g/mol. The van der Waals surface area contributed by atoms with E-state index in [0.29, 0.717) is 23.5 Å². The van der Waals surface area contributed by atoms with Gasteiger partial charge < -0.3 is 14.7 Å². The van der Waals surface area contributed by atoms with Crippen LogP contribution < -0.4 is 4.74 Å². The van der Waals surface area contributed by atoms with Crippen LogP contribution in [-0.4, -0.2) is 31.7 Å². The van der Waals surface area contributed by atoms with Gasteiger partial charge >= 0.3 is 0 Å². The van der Waals surface area contributed by atoms with Crippen molar-refractivity contribution in [1.29, 1.82) is 0 Å². The zero-order valence-electron chi connectivity index (χ0n) is 20.2. The largest absolute Gasteiger partial charge is 0.507 e. The molecule has 2 aromatic heterocycles. The minimum Gasteiger partial charge on any atom is -0.507 e. The number of ketones is 1. The van der Waals surface area contributed by atoms with Gasteiger partial charge in [-0.3, -0.25) is 19.6 Å². The van der Waals surface area contributed by atoms with E-state index >= 15 is 0 Å². The fourth-order valence-corrected chi connectivity index (χ4v) is 4.46. The molecular formula is C30H25N3O4. The number of likely N-dealkylation sites (tertiary alicyclic amines) is 1. The smallest absolute Gasteiger partial charge is 0.295 e. The zero-order valence-corrected chi connectivity index (χ0v) is 20.2. The Morgan fingerprint density at radius 1 is 0.919 bits per heavy atom. The first-order valence-corrected chi connectivity index (χ1v) is 11.9. The molecule has 7 nitrogen and oxygen atoms in total. The van der Waals surface area contributed by atoms with E-state index in [1.165, 1.54) is 4.90 Å². The second-order valence-electron chi connectivity index (χ2n) is 8.87. The van der Waals surface area contributed by atoms with Crippen molar-refractivity contribution in [3.05, 3.63) is 131 Å². The number of carbonyl (C=O) groups is 2. The first-order valence-electron chi connectivity index (χ1n) is 11.9. The number of hydrogen-bond acceptors (Lipinski definition) is 6. The van der Waals surface area contributed by atoms with Gasteiger partial charge in [0, 0.05) is 36.9 Å². The third-order valence-corrected chi connectivity index (χ3v) is 6.25. The summed E-state index contributed by atoms with van der Waals surface area (Å²) in [5, 5.41) is 11.3. The van der Waals surface area contributed by atoms with Crippen LogP contribution in [0, 0.1) is 6.92 Å². The van der Waals surface area contributed by atoms with Crippen LogP contribution in [0.1, 0.15) is 33.9 Å². The average molecular weight is 492 g/mol. The van der Waals surface area contributed by atoms with Gasteiger partial charge in [0.15, 0.2) is 0 Å². The number of aliphatic hydroxyl groups is 1. The predicted molar refractivity (Wildman–Crippen MR) is 138 cm³/mol. The summed E-state index contributed by atoms with van der Waals surface area (Å²) in [6.07, 6.45) is 6.49. The fraction of sp³-hybridized carbons (Fsp3) is 0.133. The summed E-state index contributed by atoms with van der Waals surface area (Å²) in [5.74, 6) is -1.02. The molecule has 1 aliphatic heterocycles. The molecule has 4 aromatic rings. The SMILES string of the molecule is Cc1cccc(COc2ccc(C(O)=C3C(=O)C(=O)N(Cc4cccnc4)[C@H]3c3ccncc3)cc2)c1. The van der Waals surface area contributed by atoms with Crippen LogP contribution in [0.5, 0.6) is 5.75 Å². The van der Waals surface area contributed by atoms with E-state index in [1.807, 2.05) is 31.2 Å². The van der Waals surface area contributed by atoms with Crippen molar-refractivity contribution in [1.82, 2.24) is 14.9 Å². The molecule has 2 aromatic carbocycles. The lowest BCUT2D eigenvalue weighted by molar-refractivity contribution is -0.140. The molecule has 3 heterocycles. The number of amides is 1. The molecule has 0 unspecified atom stereocenters. The summed E-state index contributed by atoms with van der Waals surface area (Å²) < 4.78 is 5.88. The number of ether oxygens (including phenoxy) is 1. The monoisotopic (exact) mass is 491 g/mol. The molecule has 7 heteroatoms. The first kappa shape index (κ1) is 23.9. The van der Waals surface area contributed by atoms with Crippen molar-refractivity contribution in [2.75, 3.05) is 0 Å². The molecule has 0 bridgehead atoms. The van der Waals surface area contributed by atoms with Crippen molar-refractivity contribution in [2.24, 2.45) is 0 Å². The Balaban J connectivity index is 1.45. The summed E-state index contributed by atoms with van der Waals surface area (Å²) >= 11 is 0. The molecule has 1 amide bonds. The summed E-state index contributed by atoms with van der Waals surface area (Å²) in [6, 6.07) is 21.2. The molecule has 184 valence electrons. The van der Waals surface area contributed by atoms with Gasteiger partial charge in [-0.2, -0.15) is 0 Å². The molecule has 5 rings (SSSR count). The first-order chi connectivity index (χ1) is 18.0. The van der Waals surface area contributed by atoms with Crippen molar-refractivity contribution in [3.63, 3.8) is 0 Å². The van der Waals surface area contributed by atoms with Crippen LogP contribution in [0.2, 0.25) is 0 Å². The van der Waals surface area contributed by atoms with Crippen molar-refractivity contribution in [2.45, 2.75) is 26.1 Å². The highest BCUT2D eigenvalue weighted by Crippen LogP contribution is 2.40. The van der Waals surface area contributed by atoms with Gasteiger partial charge in [-0.1, -0.05) is 35.9 Å². The molecule has 0 saturated carbocycles. The molecule has 1 saturated heterocycles. The maximum atomic E-state index is 13.2. The van der Waals surface area contributed by atoms with Gasteiger partial charge in [-0.05, 0) is 66.1 Å². The molecule has 0 spiro atoms. The molecule has 1 atom stereocenters. The maximum absolute atomic E-state index is 13.2. The number of pyridine rings is 2. The summed E-state index contributed by atoms with van der Waals surface area (Å²) in [4.78, 5) is 35.9. The molecule has 0 radical (unpaired) electrons. The Hall–Kier alpha value is -4.78. The topological polar surface area (TPSA) is 92.6 Å². The number of benzene rings is 2. The third-order valence-electron chi connectivity index (χ3n) is 6.25. The standard InChI is InChI=1S/C30H25N3O4/c1-20-4-2-5-21(16-20)19-37-25-9-7-24(8-10-25)28(34)26-27(23-11-14-31-15-12-23)33(30(36)29(26)35)18-22-6-3-13-32-17-22/h2-17,27,34H,18-19H2,1H3/t27-/m0/s1. The van der Waals surface area contributed by atoms with Gasteiger partial charge in [-0.25, -0.2) is 0 Å². The lowest BCUT2D eigenvalue weighted by Gasteiger charge is -2.25. The number of carbonyl (C=O) groups excluding carboxylic acids is 2. The Labute approximate surface area is 214 Å². The second kappa shape index (κ2) is 10.5. The van der Waals surface area contributed by atoms with Crippen LogP contribution in [0.25, 0.3) is 5.76 Å². The van der Waals surface area contributed by atoms with E-state index in [9.17, 15) is 14.7 Å². The van der Waals surface area contributed by atoms with Crippen molar-refractivity contribution < 1.29 is 19.4 Å². The van der Waals surface area contributed by atoms with Crippen molar-refractivity contribution >= 4 is 17.4 Å². The van der Waals surface area contributed by atoms with Crippen LogP contribution in [0.3, 0.4) is 0 Å². The summed E-state index contributed by atoms with van der Waals surface area (Å²) in [6.45, 7) is 2.61. The number of rotatable bonds is 7. The zero-order chi connectivity index (χ0) is 25.8. The number of aliphatic hydroxyl groups excluding tert-OH is 1. The predicted octanol–water partition coefficient (Wildman–Crippen LogP) is 4.99. The number of nitrogens with zero attached hydrogens (tertiary/aromatic N) is 3. The van der Waals surface area contributed by atoms with Gasteiger partial charge in [0.05, 0.1) is 11.6 Å². The molecule has 1 N–H and O–H groups in total. The minimum atomic E-state index is -0.763. The third kappa shape index (κ3) is 5.11. The van der Waals surface area contributed by atoms with Gasteiger partial charge in [0.2, 0.25) is 0 Å².